The summed E-state index contributed by atoms with van der Waals surface area (Å²) in [4.78, 5) is 2.32. The van der Waals surface area contributed by atoms with Gasteiger partial charge < -0.3 is 9.84 Å². The first kappa shape index (κ1) is 13.9. The summed E-state index contributed by atoms with van der Waals surface area (Å²) in [6, 6.07) is 0.507. The van der Waals surface area contributed by atoms with Crippen LogP contribution in [0.3, 0.4) is 0 Å². The molecule has 0 unspecified atom stereocenters. The molecule has 0 amide bonds. The summed E-state index contributed by atoms with van der Waals surface area (Å²) in [7, 11) is 1.72. The van der Waals surface area contributed by atoms with E-state index < -0.39 is 5.60 Å². The van der Waals surface area contributed by atoms with Crippen molar-refractivity contribution in [3.63, 3.8) is 0 Å². The van der Waals surface area contributed by atoms with Crippen molar-refractivity contribution in [2.24, 2.45) is 0 Å². The number of hydrogen-bond acceptors (Lipinski definition) is 3. The summed E-state index contributed by atoms with van der Waals surface area (Å²) >= 11 is 0. The van der Waals surface area contributed by atoms with Gasteiger partial charge in [-0.05, 0) is 34.1 Å². The van der Waals surface area contributed by atoms with Crippen LogP contribution < -0.4 is 0 Å². The van der Waals surface area contributed by atoms with E-state index in [4.69, 9.17) is 4.74 Å². The molecule has 0 radical (unpaired) electrons. The van der Waals surface area contributed by atoms with Crippen molar-refractivity contribution in [2.75, 3.05) is 26.8 Å². The Labute approximate surface area is 88.1 Å². The van der Waals surface area contributed by atoms with Crippen molar-refractivity contribution in [3.05, 3.63) is 0 Å². The van der Waals surface area contributed by atoms with Gasteiger partial charge >= 0.3 is 0 Å². The predicted octanol–water partition coefficient (Wildman–Crippen LogP) is 1.50. The number of hydrogen-bond donors (Lipinski definition) is 1. The standard InChI is InChI=1S/C11H25NO2/c1-10(2)12(8-9-14-5)7-6-11(3,4)13/h10,13H,6-9H2,1-5H3. The third-order valence-electron chi connectivity index (χ3n) is 2.32. The maximum Gasteiger partial charge on any atom is 0.0603 e. The molecule has 0 saturated carbocycles. The Morgan fingerprint density at radius 1 is 1.29 bits per heavy atom. The molecule has 0 aliphatic carbocycles. The number of rotatable bonds is 7. The normalized spacial score (nSPS) is 12.9. The molecule has 0 aromatic carbocycles. The molecular formula is C11H25NO2. The van der Waals surface area contributed by atoms with Crippen molar-refractivity contribution in [1.29, 1.82) is 0 Å². The van der Waals surface area contributed by atoms with Gasteiger partial charge in [0.15, 0.2) is 0 Å². The minimum absolute atomic E-state index is 0.507. The molecule has 0 atom stereocenters. The van der Waals surface area contributed by atoms with Crippen LogP contribution in [0.2, 0.25) is 0 Å². The van der Waals surface area contributed by atoms with Crippen LogP contribution in [0.1, 0.15) is 34.1 Å². The van der Waals surface area contributed by atoms with E-state index in [-0.39, 0.29) is 0 Å². The first-order chi connectivity index (χ1) is 6.37. The smallest absolute Gasteiger partial charge is 0.0603 e. The van der Waals surface area contributed by atoms with Crippen LogP contribution in [0.5, 0.6) is 0 Å². The molecule has 1 N–H and O–H groups in total. The third kappa shape index (κ3) is 7.30. The van der Waals surface area contributed by atoms with E-state index in [1.54, 1.807) is 7.11 Å². The molecule has 0 aliphatic heterocycles. The molecule has 0 heterocycles. The predicted molar refractivity (Wildman–Crippen MR) is 59.5 cm³/mol. The average molecular weight is 203 g/mol. The number of ether oxygens (including phenoxy) is 1. The second-order valence-electron chi connectivity index (χ2n) is 4.68. The minimum Gasteiger partial charge on any atom is -0.390 e. The second kappa shape index (κ2) is 6.38. The molecular weight excluding hydrogens is 178 g/mol. The molecule has 0 rings (SSSR count). The van der Waals surface area contributed by atoms with Crippen LogP contribution in [0.15, 0.2) is 0 Å². The Morgan fingerprint density at radius 2 is 1.86 bits per heavy atom. The Morgan fingerprint density at radius 3 is 2.21 bits per heavy atom. The summed E-state index contributed by atoms with van der Waals surface area (Å²) in [5.74, 6) is 0. The second-order valence-corrected chi connectivity index (χ2v) is 4.68. The highest BCUT2D eigenvalue weighted by atomic mass is 16.5. The fraction of sp³-hybridized carbons (Fsp3) is 1.00. The Hall–Kier alpha value is -0.120. The van der Waals surface area contributed by atoms with Crippen LogP contribution in [0.4, 0.5) is 0 Å². The van der Waals surface area contributed by atoms with Crippen molar-refractivity contribution in [3.8, 4) is 0 Å². The lowest BCUT2D eigenvalue weighted by Gasteiger charge is -2.29. The molecule has 0 fully saturated rings. The maximum atomic E-state index is 9.62. The zero-order chi connectivity index (χ0) is 11.2. The highest BCUT2D eigenvalue weighted by Crippen LogP contribution is 2.10. The molecule has 0 bridgehead atoms. The lowest BCUT2D eigenvalue weighted by molar-refractivity contribution is 0.0471. The van der Waals surface area contributed by atoms with Crippen LogP contribution in [-0.4, -0.2) is 48.5 Å². The van der Waals surface area contributed by atoms with Crippen LogP contribution in [-0.2, 0) is 4.74 Å². The van der Waals surface area contributed by atoms with E-state index in [2.05, 4.69) is 18.7 Å². The van der Waals surface area contributed by atoms with Gasteiger partial charge in [0.1, 0.15) is 0 Å². The third-order valence-corrected chi connectivity index (χ3v) is 2.32. The van der Waals surface area contributed by atoms with Gasteiger partial charge in [0.2, 0.25) is 0 Å². The summed E-state index contributed by atoms with van der Waals surface area (Å²) in [6.07, 6.45) is 0.800. The fourth-order valence-electron chi connectivity index (χ4n) is 1.25. The van der Waals surface area contributed by atoms with E-state index in [0.29, 0.717) is 6.04 Å². The Bertz CT molecular complexity index is 141. The van der Waals surface area contributed by atoms with E-state index in [1.165, 1.54) is 0 Å². The fourth-order valence-corrected chi connectivity index (χ4v) is 1.25. The van der Waals surface area contributed by atoms with E-state index in [0.717, 1.165) is 26.1 Å². The van der Waals surface area contributed by atoms with Crippen molar-refractivity contribution < 1.29 is 9.84 Å². The van der Waals surface area contributed by atoms with Gasteiger partial charge in [-0.15, -0.1) is 0 Å². The lowest BCUT2D eigenvalue weighted by atomic mass is 10.1. The molecule has 86 valence electrons. The van der Waals surface area contributed by atoms with Crippen molar-refractivity contribution in [2.45, 2.75) is 45.8 Å². The molecule has 0 aliphatic rings. The first-order valence-electron chi connectivity index (χ1n) is 5.32. The van der Waals surface area contributed by atoms with Crippen molar-refractivity contribution in [1.82, 2.24) is 4.90 Å². The molecule has 0 spiro atoms. The maximum absolute atomic E-state index is 9.62. The Kier molecular flexibility index (Phi) is 6.33. The molecule has 0 saturated heterocycles. The van der Waals surface area contributed by atoms with Crippen molar-refractivity contribution >= 4 is 0 Å². The topological polar surface area (TPSA) is 32.7 Å². The van der Waals surface area contributed by atoms with E-state index in [9.17, 15) is 5.11 Å². The molecule has 14 heavy (non-hydrogen) atoms. The van der Waals surface area contributed by atoms with Crippen LogP contribution >= 0.6 is 0 Å². The highest BCUT2D eigenvalue weighted by Gasteiger charge is 2.16. The highest BCUT2D eigenvalue weighted by molar-refractivity contribution is 4.70. The first-order valence-corrected chi connectivity index (χ1v) is 5.32. The van der Waals surface area contributed by atoms with Crippen LogP contribution in [0.25, 0.3) is 0 Å². The van der Waals surface area contributed by atoms with Crippen LogP contribution in [0, 0.1) is 0 Å². The number of aliphatic hydroxyl groups is 1. The summed E-state index contributed by atoms with van der Waals surface area (Å²) in [5, 5.41) is 9.62. The zero-order valence-corrected chi connectivity index (χ0v) is 10.2. The monoisotopic (exact) mass is 203 g/mol. The minimum atomic E-state index is -0.569. The van der Waals surface area contributed by atoms with E-state index >= 15 is 0 Å². The van der Waals surface area contributed by atoms with Gasteiger partial charge in [-0.1, -0.05) is 0 Å². The zero-order valence-electron chi connectivity index (χ0n) is 10.2. The van der Waals surface area contributed by atoms with Gasteiger partial charge in [-0.3, -0.25) is 4.90 Å². The quantitative estimate of drug-likeness (QED) is 0.680. The summed E-state index contributed by atoms with van der Waals surface area (Å²) < 4.78 is 5.05. The SMILES string of the molecule is COCCN(CCC(C)(C)O)C(C)C. The van der Waals surface area contributed by atoms with Gasteiger partial charge in [0.25, 0.3) is 0 Å². The largest absolute Gasteiger partial charge is 0.390 e. The molecule has 3 heteroatoms. The lowest BCUT2D eigenvalue weighted by Crippen LogP contribution is -2.37. The molecule has 0 aromatic rings. The summed E-state index contributed by atoms with van der Waals surface area (Å²) in [5.41, 5.74) is -0.569. The average Bonchev–Trinajstić information content (AvgIpc) is 2.01. The number of methoxy groups -OCH3 is 1. The Balaban J connectivity index is 3.85. The van der Waals surface area contributed by atoms with Gasteiger partial charge in [-0.25, -0.2) is 0 Å². The van der Waals surface area contributed by atoms with E-state index in [1.807, 2.05) is 13.8 Å². The molecule has 0 aromatic heterocycles. The number of nitrogens with zero attached hydrogens (tertiary/aromatic N) is 1. The molecule has 3 nitrogen and oxygen atoms in total. The summed E-state index contributed by atoms with van der Waals surface area (Å²) in [6.45, 7) is 10.6. The van der Waals surface area contributed by atoms with Gasteiger partial charge in [-0.2, -0.15) is 0 Å². The van der Waals surface area contributed by atoms with Gasteiger partial charge in [0, 0.05) is 26.2 Å². The van der Waals surface area contributed by atoms with Gasteiger partial charge in [0.05, 0.1) is 12.2 Å².